The molecule has 1 atom stereocenters. The van der Waals surface area contributed by atoms with E-state index in [-0.39, 0.29) is 23.4 Å². The van der Waals surface area contributed by atoms with E-state index >= 15 is 0 Å². The summed E-state index contributed by atoms with van der Waals surface area (Å²) in [5, 5.41) is 0. The highest BCUT2D eigenvalue weighted by atomic mass is 35.5. The SMILES string of the molecule is Cc1ccc(F)c([C@H](N)C(C)(C)C)c1F.Cl. The summed E-state index contributed by atoms with van der Waals surface area (Å²) in [6.07, 6.45) is 0. The van der Waals surface area contributed by atoms with Crippen molar-refractivity contribution in [2.24, 2.45) is 11.1 Å². The highest BCUT2D eigenvalue weighted by molar-refractivity contribution is 5.85. The molecule has 0 radical (unpaired) electrons. The van der Waals surface area contributed by atoms with Gasteiger partial charge in [0.15, 0.2) is 0 Å². The van der Waals surface area contributed by atoms with Crippen LogP contribution in [0.1, 0.15) is 37.9 Å². The van der Waals surface area contributed by atoms with Crippen LogP contribution in [0.4, 0.5) is 8.78 Å². The molecule has 1 rings (SSSR count). The van der Waals surface area contributed by atoms with Gasteiger partial charge in [-0.05, 0) is 24.0 Å². The Balaban J connectivity index is 0.00000225. The van der Waals surface area contributed by atoms with Crippen molar-refractivity contribution in [3.63, 3.8) is 0 Å². The molecule has 0 spiro atoms. The zero-order valence-corrected chi connectivity index (χ0v) is 10.8. The molecule has 0 aromatic heterocycles. The van der Waals surface area contributed by atoms with Crippen molar-refractivity contribution in [3.8, 4) is 0 Å². The summed E-state index contributed by atoms with van der Waals surface area (Å²) in [7, 11) is 0. The zero-order valence-electron chi connectivity index (χ0n) is 9.97. The topological polar surface area (TPSA) is 26.0 Å². The molecule has 2 N–H and O–H groups in total. The first-order chi connectivity index (χ1) is 6.75. The van der Waals surface area contributed by atoms with Crippen molar-refractivity contribution in [1.82, 2.24) is 0 Å². The minimum atomic E-state index is -0.641. The maximum Gasteiger partial charge on any atom is 0.133 e. The second kappa shape index (κ2) is 5.11. The maximum absolute atomic E-state index is 13.7. The fourth-order valence-electron chi connectivity index (χ4n) is 1.40. The summed E-state index contributed by atoms with van der Waals surface area (Å²) in [6, 6.07) is 2.04. The lowest BCUT2D eigenvalue weighted by Crippen LogP contribution is -2.28. The van der Waals surface area contributed by atoms with Gasteiger partial charge in [0.2, 0.25) is 0 Å². The van der Waals surface area contributed by atoms with E-state index < -0.39 is 17.7 Å². The Morgan fingerprint density at radius 2 is 1.69 bits per heavy atom. The van der Waals surface area contributed by atoms with Crippen LogP contribution in [0.15, 0.2) is 12.1 Å². The van der Waals surface area contributed by atoms with Crippen LogP contribution in [0.5, 0.6) is 0 Å². The summed E-state index contributed by atoms with van der Waals surface area (Å²) in [6.45, 7) is 7.18. The molecule has 0 heterocycles. The van der Waals surface area contributed by atoms with Gasteiger partial charge in [-0.15, -0.1) is 12.4 Å². The Labute approximate surface area is 101 Å². The second-order valence-electron chi connectivity index (χ2n) is 4.94. The minimum Gasteiger partial charge on any atom is -0.323 e. The summed E-state index contributed by atoms with van der Waals surface area (Å²) in [5.74, 6) is -1.10. The molecule has 0 bridgehead atoms. The van der Waals surface area contributed by atoms with E-state index in [0.29, 0.717) is 5.56 Å². The van der Waals surface area contributed by atoms with Crippen LogP contribution in [-0.4, -0.2) is 0 Å². The van der Waals surface area contributed by atoms with Crippen molar-refractivity contribution in [3.05, 3.63) is 34.9 Å². The normalized spacial score (nSPS) is 13.2. The first kappa shape index (κ1) is 15.3. The molecule has 0 amide bonds. The zero-order chi connectivity index (χ0) is 11.8. The average Bonchev–Trinajstić information content (AvgIpc) is 2.10. The number of aryl methyl sites for hydroxylation is 1. The molecule has 1 aromatic carbocycles. The Morgan fingerprint density at radius 3 is 2.12 bits per heavy atom. The fraction of sp³-hybridized carbons (Fsp3) is 0.500. The number of benzene rings is 1. The lowest BCUT2D eigenvalue weighted by molar-refractivity contribution is 0.310. The molecule has 0 aliphatic rings. The minimum absolute atomic E-state index is 0. The number of nitrogens with two attached hydrogens (primary N) is 1. The van der Waals surface area contributed by atoms with E-state index in [9.17, 15) is 8.78 Å². The van der Waals surface area contributed by atoms with E-state index in [0.717, 1.165) is 0 Å². The molecule has 1 nitrogen and oxygen atoms in total. The third-order valence-corrected chi connectivity index (χ3v) is 2.56. The van der Waals surface area contributed by atoms with Crippen LogP contribution in [0, 0.1) is 24.0 Å². The van der Waals surface area contributed by atoms with Gasteiger partial charge in [-0.25, -0.2) is 8.78 Å². The number of rotatable bonds is 1. The fourth-order valence-corrected chi connectivity index (χ4v) is 1.40. The van der Waals surface area contributed by atoms with Gasteiger partial charge < -0.3 is 5.73 Å². The maximum atomic E-state index is 13.7. The number of halogens is 3. The van der Waals surface area contributed by atoms with Crippen LogP contribution >= 0.6 is 12.4 Å². The molecular formula is C12H18ClF2N. The first-order valence-electron chi connectivity index (χ1n) is 4.95. The lowest BCUT2D eigenvalue weighted by Gasteiger charge is -2.28. The van der Waals surface area contributed by atoms with Crippen LogP contribution in [0.25, 0.3) is 0 Å². The van der Waals surface area contributed by atoms with Gasteiger partial charge >= 0.3 is 0 Å². The van der Waals surface area contributed by atoms with E-state index in [1.807, 2.05) is 20.8 Å². The largest absolute Gasteiger partial charge is 0.323 e. The highest BCUT2D eigenvalue weighted by Gasteiger charge is 2.28. The average molecular weight is 250 g/mol. The first-order valence-corrected chi connectivity index (χ1v) is 4.95. The predicted octanol–water partition coefficient (Wildman–Crippen LogP) is 3.74. The molecule has 0 saturated heterocycles. The van der Waals surface area contributed by atoms with E-state index in [1.54, 1.807) is 6.92 Å². The van der Waals surface area contributed by atoms with Crippen molar-refractivity contribution in [2.45, 2.75) is 33.7 Å². The second-order valence-corrected chi connectivity index (χ2v) is 4.94. The molecule has 0 saturated carbocycles. The third-order valence-electron chi connectivity index (χ3n) is 2.56. The molecule has 0 unspecified atom stereocenters. The quantitative estimate of drug-likeness (QED) is 0.806. The van der Waals surface area contributed by atoms with Crippen molar-refractivity contribution in [1.29, 1.82) is 0 Å². The Morgan fingerprint density at radius 1 is 1.19 bits per heavy atom. The van der Waals surface area contributed by atoms with E-state index in [2.05, 4.69) is 0 Å². The van der Waals surface area contributed by atoms with Gasteiger partial charge in [-0.3, -0.25) is 0 Å². The molecule has 0 aliphatic heterocycles. The highest BCUT2D eigenvalue weighted by Crippen LogP contribution is 2.34. The van der Waals surface area contributed by atoms with Gasteiger partial charge in [-0.1, -0.05) is 26.8 Å². The van der Waals surface area contributed by atoms with Crippen LogP contribution < -0.4 is 5.73 Å². The number of hydrogen-bond acceptors (Lipinski definition) is 1. The summed E-state index contributed by atoms with van der Waals surface area (Å²) in [5.41, 5.74) is 5.91. The van der Waals surface area contributed by atoms with Crippen LogP contribution in [-0.2, 0) is 0 Å². The third kappa shape index (κ3) is 2.92. The monoisotopic (exact) mass is 249 g/mol. The van der Waals surface area contributed by atoms with Crippen LogP contribution in [0.3, 0.4) is 0 Å². The Bertz CT molecular complexity index is 372. The predicted molar refractivity (Wildman–Crippen MR) is 64.7 cm³/mol. The van der Waals surface area contributed by atoms with E-state index in [4.69, 9.17) is 5.73 Å². The molecule has 92 valence electrons. The van der Waals surface area contributed by atoms with Gasteiger partial charge in [0.05, 0.1) is 0 Å². The van der Waals surface area contributed by atoms with Crippen LogP contribution in [0.2, 0.25) is 0 Å². The Hall–Kier alpha value is -0.670. The molecule has 0 aliphatic carbocycles. The van der Waals surface area contributed by atoms with Crippen molar-refractivity contribution < 1.29 is 8.78 Å². The molecule has 0 fully saturated rings. The van der Waals surface area contributed by atoms with Gasteiger partial charge in [-0.2, -0.15) is 0 Å². The molecular weight excluding hydrogens is 232 g/mol. The Kier molecular flexibility index (Phi) is 4.89. The van der Waals surface area contributed by atoms with Crippen molar-refractivity contribution >= 4 is 12.4 Å². The van der Waals surface area contributed by atoms with Gasteiger partial charge in [0.25, 0.3) is 0 Å². The van der Waals surface area contributed by atoms with Gasteiger partial charge in [0.1, 0.15) is 11.6 Å². The smallest absolute Gasteiger partial charge is 0.133 e. The molecule has 4 heteroatoms. The van der Waals surface area contributed by atoms with Crippen molar-refractivity contribution in [2.75, 3.05) is 0 Å². The van der Waals surface area contributed by atoms with E-state index in [1.165, 1.54) is 12.1 Å². The molecule has 1 aromatic rings. The standard InChI is InChI=1S/C12H17F2N.ClH/c1-7-5-6-8(13)9(10(7)14)11(15)12(2,3)4;/h5-6,11H,15H2,1-4H3;1H/t11-;/m0./s1. The summed E-state index contributed by atoms with van der Waals surface area (Å²) < 4.78 is 27.2. The number of hydrogen-bond donors (Lipinski definition) is 1. The lowest BCUT2D eigenvalue weighted by atomic mass is 9.82. The summed E-state index contributed by atoms with van der Waals surface area (Å²) in [4.78, 5) is 0. The van der Waals surface area contributed by atoms with Gasteiger partial charge in [0, 0.05) is 11.6 Å². The summed E-state index contributed by atoms with van der Waals surface area (Å²) >= 11 is 0. The molecule has 16 heavy (non-hydrogen) atoms.